The molecule has 0 radical (unpaired) electrons. The fourth-order valence-electron chi connectivity index (χ4n) is 1.56. The van der Waals surface area contributed by atoms with Gasteiger partial charge in [-0.15, -0.1) is 0 Å². The Bertz CT molecular complexity index is 342. The molecule has 0 bridgehead atoms. The molecule has 1 atom stereocenters. The highest BCUT2D eigenvalue weighted by molar-refractivity contribution is 9.10. The summed E-state index contributed by atoms with van der Waals surface area (Å²) in [6, 6.07) is 1.86. The van der Waals surface area contributed by atoms with Gasteiger partial charge < -0.3 is 5.32 Å². The Labute approximate surface area is 107 Å². The Morgan fingerprint density at radius 2 is 2.53 bits per heavy atom. The summed E-state index contributed by atoms with van der Waals surface area (Å²) in [5.74, 6) is 2.17. The third-order valence-corrected chi connectivity index (χ3v) is 4.54. The van der Waals surface area contributed by atoms with Crippen LogP contribution in [0.15, 0.2) is 16.7 Å². The molecule has 1 fully saturated rings. The zero-order valence-electron chi connectivity index (χ0n) is 8.17. The van der Waals surface area contributed by atoms with E-state index in [1.165, 1.54) is 18.6 Å². The minimum absolute atomic E-state index is 0.655. The van der Waals surface area contributed by atoms with E-state index < -0.39 is 0 Å². The number of nitrogens with one attached hydrogen (secondary N) is 1. The van der Waals surface area contributed by atoms with E-state index in [1.54, 1.807) is 6.20 Å². The topological polar surface area (TPSA) is 24.9 Å². The quantitative estimate of drug-likeness (QED) is 0.919. The van der Waals surface area contributed by atoms with Crippen LogP contribution in [0.4, 0.5) is 5.82 Å². The molecule has 5 heteroatoms. The lowest BCUT2D eigenvalue weighted by Crippen LogP contribution is -2.14. The second kappa shape index (κ2) is 5.41. The van der Waals surface area contributed by atoms with Crippen LogP contribution in [0, 0.1) is 0 Å². The van der Waals surface area contributed by atoms with Crippen LogP contribution in [-0.2, 0) is 0 Å². The maximum atomic E-state index is 5.82. The molecule has 1 aromatic heterocycles. The highest BCUT2D eigenvalue weighted by atomic mass is 79.9. The fraction of sp³-hybridized carbons (Fsp3) is 0.500. The summed E-state index contributed by atoms with van der Waals surface area (Å²) in [6.07, 6.45) is 4.31. The molecule has 0 aliphatic carbocycles. The molecule has 2 rings (SSSR count). The van der Waals surface area contributed by atoms with Crippen molar-refractivity contribution in [3.8, 4) is 0 Å². The standard InChI is InChI=1S/C10H12BrClN2S/c11-9-4-7(12)5-13-10(9)14-6-8-2-1-3-15-8/h4-5,8H,1-3,6H2,(H,13,14). The van der Waals surface area contributed by atoms with Gasteiger partial charge >= 0.3 is 0 Å². The van der Waals surface area contributed by atoms with E-state index in [-0.39, 0.29) is 0 Å². The number of hydrogen-bond acceptors (Lipinski definition) is 3. The van der Waals surface area contributed by atoms with E-state index in [2.05, 4.69) is 26.2 Å². The lowest BCUT2D eigenvalue weighted by Gasteiger charge is -2.11. The second-order valence-electron chi connectivity index (χ2n) is 3.50. The van der Waals surface area contributed by atoms with Gasteiger partial charge in [0, 0.05) is 18.0 Å². The number of nitrogens with zero attached hydrogens (tertiary/aromatic N) is 1. The maximum Gasteiger partial charge on any atom is 0.140 e. The van der Waals surface area contributed by atoms with Crippen LogP contribution in [0.25, 0.3) is 0 Å². The molecule has 1 aliphatic rings. The normalized spacial score (nSPS) is 20.5. The van der Waals surface area contributed by atoms with Crippen molar-refractivity contribution >= 4 is 45.1 Å². The number of pyridine rings is 1. The Balaban J connectivity index is 1.92. The number of rotatable bonds is 3. The smallest absolute Gasteiger partial charge is 0.140 e. The average Bonchev–Trinajstić information content (AvgIpc) is 2.69. The first-order valence-corrected chi connectivity index (χ1v) is 7.14. The summed E-state index contributed by atoms with van der Waals surface area (Å²) in [5.41, 5.74) is 0. The van der Waals surface area contributed by atoms with Crippen molar-refractivity contribution in [3.63, 3.8) is 0 Å². The molecule has 1 saturated heterocycles. The Kier molecular flexibility index (Phi) is 4.17. The van der Waals surface area contributed by atoms with Crippen LogP contribution < -0.4 is 5.32 Å². The summed E-state index contributed by atoms with van der Waals surface area (Å²) in [6.45, 7) is 0.984. The number of halogens is 2. The van der Waals surface area contributed by atoms with Crippen molar-refractivity contribution in [2.75, 3.05) is 17.6 Å². The molecular formula is C10H12BrClN2S. The van der Waals surface area contributed by atoms with E-state index in [0.29, 0.717) is 5.02 Å². The van der Waals surface area contributed by atoms with Crippen LogP contribution in [-0.4, -0.2) is 22.5 Å². The monoisotopic (exact) mass is 306 g/mol. The first kappa shape index (κ1) is 11.6. The van der Waals surface area contributed by atoms with Crippen molar-refractivity contribution in [3.05, 3.63) is 21.8 Å². The molecule has 1 N–H and O–H groups in total. The van der Waals surface area contributed by atoms with Crippen LogP contribution >= 0.6 is 39.3 Å². The van der Waals surface area contributed by atoms with Crippen molar-refractivity contribution < 1.29 is 0 Å². The van der Waals surface area contributed by atoms with Gasteiger partial charge in [-0.05, 0) is 40.6 Å². The van der Waals surface area contributed by atoms with Crippen molar-refractivity contribution in [1.82, 2.24) is 4.98 Å². The SMILES string of the molecule is Clc1cnc(NCC2CCCS2)c(Br)c1. The van der Waals surface area contributed by atoms with Gasteiger partial charge in [0.1, 0.15) is 5.82 Å². The predicted molar refractivity (Wildman–Crippen MR) is 70.9 cm³/mol. The zero-order valence-corrected chi connectivity index (χ0v) is 11.3. The molecule has 82 valence electrons. The summed E-state index contributed by atoms with van der Waals surface area (Å²) < 4.78 is 0.929. The third-order valence-electron chi connectivity index (χ3n) is 2.33. The zero-order chi connectivity index (χ0) is 10.7. The average molecular weight is 308 g/mol. The second-order valence-corrected chi connectivity index (χ2v) is 6.20. The highest BCUT2D eigenvalue weighted by Gasteiger charge is 2.15. The minimum Gasteiger partial charge on any atom is -0.368 e. The molecule has 0 amide bonds. The molecule has 2 heterocycles. The lowest BCUT2D eigenvalue weighted by molar-refractivity contribution is 0.803. The van der Waals surface area contributed by atoms with Gasteiger partial charge in [-0.1, -0.05) is 11.6 Å². The van der Waals surface area contributed by atoms with E-state index in [9.17, 15) is 0 Å². The molecular weight excluding hydrogens is 296 g/mol. The van der Waals surface area contributed by atoms with Gasteiger partial charge in [-0.25, -0.2) is 4.98 Å². The lowest BCUT2D eigenvalue weighted by atomic mass is 10.2. The first-order chi connectivity index (χ1) is 7.25. The molecule has 2 nitrogen and oxygen atoms in total. The van der Waals surface area contributed by atoms with Crippen molar-refractivity contribution in [1.29, 1.82) is 0 Å². The van der Waals surface area contributed by atoms with Crippen molar-refractivity contribution in [2.24, 2.45) is 0 Å². The third kappa shape index (κ3) is 3.26. The van der Waals surface area contributed by atoms with Gasteiger partial charge in [0.05, 0.1) is 9.50 Å². The first-order valence-electron chi connectivity index (χ1n) is 4.92. The molecule has 0 aromatic carbocycles. The molecule has 15 heavy (non-hydrogen) atoms. The Morgan fingerprint density at radius 1 is 1.67 bits per heavy atom. The van der Waals surface area contributed by atoms with Crippen LogP contribution in [0.3, 0.4) is 0 Å². The minimum atomic E-state index is 0.655. The highest BCUT2D eigenvalue weighted by Crippen LogP contribution is 2.28. The van der Waals surface area contributed by atoms with Gasteiger partial charge in [-0.2, -0.15) is 11.8 Å². The summed E-state index contributed by atoms with van der Waals surface area (Å²) in [7, 11) is 0. The summed E-state index contributed by atoms with van der Waals surface area (Å²) in [4.78, 5) is 4.24. The van der Waals surface area contributed by atoms with Gasteiger partial charge in [0.25, 0.3) is 0 Å². The maximum absolute atomic E-state index is 5.82. The molecule has 1 aromatic rings. The van der Waals surface area contributed by atoms with Gasteiger partial charge in [-0.3, -0.25) is 0 Å². The number of anilines is 1. The Morgan fingerprint density at radius 3 is 3.20 bits per heavy atom. The van der Waals surface area contributed by atoms with E-state index in [0.717, 1.165) is 22.1 Å². The van der Waals surface area contributed by atoms with Gasteiger partial charge in [0.15, 0.2) is 0 Å². The van der Waals surface area contributed by atoms with Crippen LogP contribution in [0.2, 0.25) is 5.02 Å². The summed E-state index contributed by atoms with van der Waals surface area (Å²) >= 11 is 11.3. The van der Waals surface area contributed by atoms with E-state index in [1.807, 2.05) is 17.8 Å². The molecule has 1 aliphatic heterocycles. The van der Waals surface area contributed by atoms with Crippen molar-refractivity contribution in [2.45, 2.75) is 18.1 Å². The van der Waals surface area contributed by atoms with Crippen LogP contribution in [0.1, 0.15) is 12.8 Å². The van der Waals surface area contributed by atoms with E-state index >= 15 is 0 Å². The fourth-order valence-corrected chi connectivity index (χ4v) is 3.54. The largest absolute Gasteiger partial charge is 0.368 e. The van der Waals surface area contributed by atoms with Crippen LogP contribution in [0.5, 0.6) is 0 Å². The Hall–Kier alpha value is 0.0700. The predicted octanol–water partition coefficient (Wildman–Crippen LogP) is 3.81. The number of aromatic nitrogens is 1. The molecule has 1 unspecified atom stereocenters. The van der Waals surface area contributed by atoms with Gasteiger partial charge in [0.2, 0.25) is 0 Å². The summed E-state index contributed by atoms with van der Waals surface area (Å²) in [5, 5.41) is 4.73. The molecule has 0 spiro atoms. The number of hydrogen-bond donors (Lipinski definition) is 1. The van der Waals surface area contributed by atoms with E-state index in [4.69, 9.17) is 11.6 Å². The number of thioether (sulfide) groups is 1. The molecule has 0 saturated carbocycles.